The van der Waals surface area contributed by atoms with E-state index in [2.05, 4.69) is 14.9 Å². The Morgan fingerprint density at radius 1 is 1.47 bits per heavy atom. The second-order valence-corrected chi connectivity index (χ2v) is 3.69. The smallest absolute Gasteiger partial charge is 0.343 e. The largest absolute Gasteiger partial charge is 0.465 e. The van der Waals surface area contributed by atoms with Gasteiger partial charge in [-0.25, -0.2) is 4.79 Å². The average molecular weight is 253 g/mol. The fourth-order valence-electron chi connectivity index (χ4n) is 1.44. The van der Waals surface area contributed by atoms with Gasteiger partial charge in [0.25, 0.3) is 0 Å². The summed E-state index contributed by atoms with van der Waals surface area (Å²) in [7, 11) is 1.29. The van der Waals surface area contributed by atoms with Crippen LogP contribution in [0.4, 0.5) is 0 Å². The normalized spacial score (nSPS) is 10.3. The fraction of sp³-hybridized carbons (Fsp3) is 0.182. The number of aromatic nitrogens is 2. The highest BCUT2D eigenvalue weighted by Crippen LogP contribution is 2.29. The molecule has 0 aliphatic carbocycles. The van der Waals surface area contributed by atoms with E-state index in [0.29, 0.717) is 22.2 Å². The van der Waals surface area contributed by atoms with Gasteiger partial charge in [-0.15, -0.1) is 0 Å². The Kier molecular flexibility index (Phi) is 3.10. The molecule has 2 aromatic rings. The van der Waals surface area contributed by atoms with Gasteiger partial charge in [-0.2, -0.15) is 0 Å². The van der Waals surface area contributed by atoms with Gasteiger partial charge in [0, 0.05) is 6.20 Å². The Bertz CT molecular complexity index is 566. The molecule has 0 N–H and O–H groups in total. The molecule has 6 heteroatoms. The predicted octanol–water partition coefficient (Wildman–Crippen LogP) is 2.49. The van der Waals surface area contributed by atoms with Crippen LogP contribution in [-0.4, -0.2) is 23.2 Å². The number of rotatable bonds is 2. The van der Waals surface area contributed by atoms with Crippen LogP contribution in [0.5, 0.6) is 0 Å². The van der Waals surface area contributed by atoms with Crippen molar-refractivity contribution in [2.24, 2.45) is 0 Å². The Morgan fingerprint density at radius 3 is 2.88 bits per heavy atom. The topological polar surface area (TPSA) is 65.2 Å². The molecule has 2 heterocycles. The summed E-state index contributed by atoms with van der Waals surface area (Å²) in [6.45, 7) is 1.62. The van der Waals surface area contributed by atoms with Crippen molar-refractivity contribution in [2.75, 3.05) is 7.11 Å². The molecule has 0 spiro atoms. The fourth-order valence-corrected chi connectivity index (χ4v) is 1.65. The summed E-state index contributed by atoms with van der Waals surface area (Å²) in [4.78, 5) is 15.7. The molecule has 0 aliphatic rings. The highest BCUT2D eigenvalue weighted by molar-refractivity contribution is 6.33. The van der Waals surface area contributed by atoms with E-state index in [9.17, 15) is 4.79 Å². The van der Waals surface area contributed by atoms with E-state index in [1.165, 1.54) is 7.11 Å². The van der Waals surface area contributed by atoms with E-state index in [0.717, 1.165) is 0 Å². The third kappa shape index (κ3) is 2.01. The first-order valence-electron chi connectivity index (χ1n) is 4.80. The molecule has 0 fully saturated rings. The monoisotopic (exact) mass is 252 g/mol. The molecular weight excluding hydrogens is 244 g/mol. The molecule has 2 aromatic heterocycles. The lowest BCUT2D eigenvalue weighted by atomic mass is 10.1. The maximum atomic E-state index is 11.6. The molecule has 0 saturated heterocycles. The van der Waals surface area contributed by atoms with Crippen molar-refractivity contribution >= 4 is 17.6 Å². The number of esters is 1. The maximum Gasteiger partial charge on any atom is 0.343 e. The molecule has 5 nitrogen and oxygen atoms in total. The third-order valence-electron chi connectivity index (χ3n) is 2.24. The first-order chi connectivity index (χ1) is 8.15. The van der Waals surface area contributed by atoms with Crippen LogP contribution in [0.15, 0.2) is 22.9 Å². The number of hydrogen-bond donors (Lipinski definition) is 0. The second-order valence-electron chi connectivity index (χ2n) is 3.29. The summed E-state index contributed by atoms with van der Waals surface area (Å²) < 4.78 is 9.65. The zero-order chi connectivity index (χ0) is 12.4. The molecule has 0 saturated carbocycles. The molecule has 0 unspecified atom stereocenters. The maximum absolute atomic E-state index is 11.6. The highest BCUT2D eigenvalue weighted by atomic mass is 35.5. The number of pyridine rings is 1. The summed E-state index contributed by atoms with van der Waals surface area (Å²) in [5.41, 5.74) is 0.930. The van der Waals surface area contributed by atoms with Crippen LogP contribution in [-0.2, 0) is 4.74 Å². The van der Waals surface area contributed by atoms with Crippen molar-refractivity contribution < 1.29 is 14.1 Å². The first kappa shape index (κ1) is 11.6. The van der Waals surface area contributed by atoms with E-state index >= 15 is 0 Å². The van der Waals surface area contributed by atoms with Crippen molar-refractivity contribution in [2.45, 2.75) is 6.92 Å². The standard InChI is InChI=1S/C11H9ClN2O3/c1-6-8(11(15)16-2)10(14-17-6)9-7(12)4-3-5-13-9/h3-5H,1-2H3. The van der Waals surface area contributed by atoms with E-state index in [4.69, 9.17) is 16.1 Å². The van der Waals surface area contributed by atoms with E-state index in [1.54, 1.807) is 25.3 Å². The van der Waals surface area contributed by atoms with E-state index in [-0.39, 0.29) is 5.56 Å². The number of aryl methyl sites for hydroxylation is 1. The van der Waals surface area contributed by atoms with Crippen LogP contribution in [0.25, 0.3) is 11.4 Å². The van der Waals surface area contributed by atoms with Crippen LogP contribution < -0.4 is 0 Å². The lowest BCUT2D eigenvalue weighted by Crippen LogP contribution is -2.04. The number of carbonyl (C=O) groups excluding carboxylic acids is 1. The molecule has 0 atom stereocenters. The summed E-state index contributed by atoms with van der Waals surface area (Å²) in [6.07, 6.45) is 1.56. The van der Waals surface area contributed by atoms with Gasteiger partial charge in [0.2, 0.25) is 0 Å². The number of nitrogens with zero attached hydrogens (tertiary/aromatic N) is 2. The predicted molar refractivity (Wildman–Crippen MR) is 60.8 cm³/mol. The number of methoxy groups -OCH3 is 1. The molecule has 2 rings (SSSR count). The Labute approximate surface area is 102 Å². The van der Waals surface area contributed by atoms with Crippen molar-refractivity contribution in [1.82, 2.24) is 10.1 Å². The molecule has 0 radical (unpaired) electrons. The SMILES string of the molecule is COC(=O)c1c(-c2ncccc2Cl)noc1C. The quantitative estimate of drug-likeness (QED) is 0.768. The molecule has 0 aromatic carbocycles. The van der Waals surface area contributed by atoms with E-state index < -0.39 is 5.97 Å². The summed E-state index contributed by atoms with van der Waals surface area (Å²) in [5, 5.41) is 4.19. The summed E-state index contributed by atoms with van der Waals surface area (Å²) in [6, 6.07) is 3.35. The van der Waals surface area contributed by atoms with Crippen molar-refractivity contribution in [1.29, 1.82) is 0 Å². The van der Waals surface area contributed by atoms with Gasteiger partial charge < -0.3 is 9.26 Å². The van der Waals surface area contributed by atoms with Crippen molar-refractivity contribution in [3.63, 3.8) is 0 Å². The third-order valence-corrected chi connectivity index (χ3v) is 2.54. The van der Waals surface area contributed by atoms with Gasteiger partial charge >= 0.3 is 5.97 Å². The van der Waals surface area contributed by atoms with Crippen LogP contribution in [0.3, 0.4) is 0 Å². The summed E-state index contributed by atoms with van der Waals surface area (Å²) >= 11 is 5.99. The van der Waals surface area contributed by atoms with Crippen LogP contribution >= 0.6 is 11.6 Å². The van der Waals surface area contributed by atoms with Gasteiger partial charge in [-0.1, -0.05) is 16.8 Å². The second kappa shape index (κ2) is 4.55. The van der Waals surface area contributed by atoms with Crippen molar-refractivity contribution in [3.8, 4) is 11.4 Å². The van der Waals surface area contributed by atoms with Crippen LogP contribution in [0.1, 0.15) is 16.1 Å². The first-order valence-corrected chi connectivity index (χ1v) is 5.18. The number of carbonyl (C=O) groups is 1. The molecule has 0 amide bonds. The number of ether oxygens (including phenoxy) is 1. The van der Waals surface area contributed by atoms with Crippen LogP contribution in [0, 0.1) is 6.92 Å². The minimum atomic E-state index is -0.527. The Balaban J connectivity index is 2.61. The zero-order valence-electron chi connectivity index (χ0n) is 9.23. The van der Waals surface area contributed by atoms with Gasteiger partial charge in [0.05, 0.1) is 12.1 Å². The van der Waals surface area contributed by atoms with Crippen LogP contribution in [0.2, 0.25) is 5.02 Å². The Morgan fingerprint density at radius 2 is 2.24 bits per heavy atom. The lowest BCUT2D eigenvalue weighted by molar-refractivity contribution is 0.0599. The van der Waals surface area contributed by atoms with Gasteiger partial charge in [-0.3, -0.25) is 4.98 Å². The molecule has 0 bridgehead atoms. The minimum absolute atomic E-state index is 0.244. The van der Waals surface area contributed by atoms with Gasteiger partial charge in [0.15, 0.2) is 0 Å². The highest BCUT2D eigenvalue weighted by Gasteiger charge is 2.24. The molecular formula is C11H9ClN2O3. The van der Waals surface area contributed by atoms with E-state index in [1.807, 2.05) is 0 Å². The van der Waals surface area contributed by atoms with Crippen molar-refractivity contribution in [3.05, 3.63) is 34.7 Å². The minimum Gasteiger partial charge on any atom is -0.465 e. The number of halogens is 1. The molecule has 17 heavy (non-hydrogen) atoms. The lowest BCUT2D eigenvalue weighted by Gasteiger charge is -2.01. The molecule has 88 valence electrons. The number of hydrogen-bond acceptors (Lipinski definition) is 5. The van der Waals surface area contributed by atoms with Gasteiger partial charge in [0.1, 0.15) is 22.7 Å². The molecule has 0 aliphatic heterocycles. The Hall–Kier alpha value is -1.88. The van der Waals surface area contributed by atoms with Gasteiger partial charge in [-0.05, 0) is 19.1 Å². The summed E-state index contributed by atoms with van der Waals surface area (Å²) in [5.74, 6) is -0.158. The average Bonchev–Trinajstić information content (AvgIpc) is 2.71. The zero-order valence-corrected chi connectivity index (χ0v) is 9.99.